The Labute approximate surface area is 214 Å². The first-order valence-electron chi connectivity index (χ1n) is 11.2. The highest BCUT2D eigenvalue weighted by Crippen LogP contribution is 2.28. The molecule has 0 unspecified atom stereocenters. The Kier molecular flexibility index (Phi) is 9.30. The summed E-state index contributed by atoms with van der Waals surface area (Å²) in [7, 11) is -1.37. The maximum atomic E-state index is 12.7. The van der Waals surface area contributed by atoms with Crippen molar-refractivity contribution < 1.29 is 37.0 Å². The third-order valence-electron chi connectivity index (χ3n) is 5.56. The van der Waals surface area contributed by atoms with Crippen molar-refractivity contribution in [2.45, 2.75) is 43.0 Å². The highest BCUT2D eigenvalue weighted by atomic mass is 35.5. The number of esters is 2. The van der Waals surface area contributed by atoms with Crippen LogP contribution in [0.5, 0.6) is 5.75 Å². The van der Waals surface area contributed by atoms with Crippen LogP contribution in [0.2, 0.25) is 5.02 Å². The third kappa shape index (κ3) is 7.19. The number of carbonyl (C=O) groups excluding carboxylic acids is 3. The summed E-state index contributed by atoms with van der Waals surface area (Å²) in [6, 6.07) is 7.85. The standard InChI is InChI=1S/C24H27ClN2O8S/c1-33-23(29)15-10-16(24(30)34-2)12-18(11-15)26-22(28)14-35-21-9-8-19(13-20(21)25)36(31,32)27-17-6-4-3-5-7-17/h8-13,17,27H,3-7,14H2,1-2H3,(H,26,28). The lowest BCUT2D eigenvalue weighted by molar-refractivity contribution is -0.118. The summed E-state index contributed by atoms with van der Waals surface area (Å²) in [6.45, 7) is -0.470. The van der Waals surface area contributed by atoms with Crippen LogP contribution in [0.3, 0.4) is 0 Å². The highest BCUT2D eigenvalue weighted by Gasteiger charge is 2.23. The van der Waals surface area contributed by atoms with E-state index in [0.29, 0.717) is 0 Å². The first-order chi connectivity index (χ1) is 17.1. The summed E-state index contributed by atoms with van der Waals surface area (Å²) in [5.74, 6) is -1.90. The van der Waals surface area contributed by atoms with Crippen molar-refractivity contribution in [1.29, 1.82) is 0 Å². The number of carbonyl (C=O) groups is 3. The van der Waals surface area contributed by atoms with Crippen molar-refractivity contribution in [1.82, 2.24) is 4.72 Å². The molecule has 3 rings (SSSR count). The van der Waals surface area contributed by atoms with Crippen LogP contribution in [0.4, 0.5) is 5.69 Å². The van der Waals surface area contributed by atoms with E-state index in [9.17, 15) is 22.8 Å². The minimum Gasteiger partial charge on any atom is -0.482 e. The Morgan fingerprint density at radius 2 is 1.56 bits per heavy atom. The second-order valence-corrected chi connectivity index (χ2v) is 10.3. The smallest absolute Gasteiger partial charge is 0.337 e. The molecule has 1 saturated carbocycles. The van der Waals surface area contributed by atoms with Gasteiger partial charge in [-0.15, -0.1) is 0 Å². The van der Waals surface area contributed by atoms with Crippen molar-refractivity contribution in [3.8, 4) is 5.75 Å². The fraction of sp³-hybridized carbons (Fsp3) is 0.375. The van der Waals surface area contributed by atoms with E-state index in [1.807, 2.05) is 0 Å². The number of sulfonamides is 1. The van der Waals surface area contributed by atoms with Crippen LogP contribution in [-0.2, 0) is 24.3 Å². The molecule has 0 spiro atoms. The number of halogens is 1. The van der Waals surface area contributed by atoms with Gasteiger partial charge in [0.15, 0.2) is 6.61 Å². The summed E-state index contributed by atoms with van der Waals surface area (Å²) in [5, 5.41) is 2.55. The molecule has 12 heteroatoms. The molecule has 1 aliphatic carbocycles. The molecule has 194 valence electrons. The zero-order chi connectivity index (χ0) is 26.3. The van der Waals surface area contributed by atoms with E-state index in [1.54, 1.807) is 0 Å². The van der Waals surface area contributed by atoms with Gasteiger partial charge in [0.25, 0.3) is 5.91 Å². The van der Waals surface area contributed by atoms with E-state index in [1.165, 1.54) is 50.6 Å². The average Bonchev–Trinajstić information content (AvgIpc) is 2.87. The monoisotopic (exact) mass is 538 g/mol. The number of hydrogen-bond acceptors (Lipinski definition) is 8. The second kappa shape index (κ2) is 12.2. The van der Waals surface area contributed by atoms with Gasteiger partial charge in [0.05, 0.1) is 35.3 Å². The van der Waals surface area contributed by atoms with Gasteiger partial charge in [-0.25, -0.2) is 22.7 Å². The first kappa shape index (κ1) is 27.4. The molecule has 1 aliphatic rings. The molecular weight excluding hydrogens is 512 g/mol. The molecule has 2 aromatic rings. The zero-order valence-electron chi connectivity index (χ0n) is 19.8. The Morgan fingerprint density at radius 1 is 0.944 bits per heavy atom. The minimum absolute atomic E-state index is 0.00448. The number of ether oxygens (including phenoxy) is 3. The Morgan fingerprint density at radius 3 is 2.11 bits per heavy atom. The third-order valence-corrected chi connectivity index (χ3v) is 7.37. The number of hydrogen-bond donors (Lipinski definition) is 2. The minimum atomic E-state index is -3.74. The molecule has 0 radical (unpaired) electrons. The van der Waals surface area contributed by atoms with Crippen molar-refractivity contribution in [2.24, 2.45) is 0 Å². The molecule has 0 aromatic heterocycles. The second-order valence-electron chi connectivity index (χ2n) is 8.17. The van der Waals surface area contributed by atoms with E-state index in [0.717, 1.165) is 32.1 Å². The van der Waals surface area contributed by atoms with Gasteiger partial charge < -0.3 is 19.5 Å². The predicted octanol–water partition coefficient (Wildman–Crippen LogP) is 3.54. The van der Waals surface area contributed by atoms with Gasteiger partial charge in [0, 0.05) is 11.7 Å². The van der Waals surface area contributed by atoms with Gasteiger partial charge in [-0.2, -0.15) is 0 Å². The Balaban J connectivity index is 1.65. The van der Waals surface area contributed by atoms with Crippen LogP contribution in [0.15, 0.2) is 41.3 Å². The molecule has 1 amide bonds. The van der Waals surface area contributed by atoms with Crippen LogP contribution in [0, 0.1) is 0 Å². The van der Waals surface area contributed by atoms with Crippen LogP contribution < -0.4 is 14.8 Å². The number of anilines is 1. The van der Waals surface area contributed by atoms with Crippen LogP contribution in [-0.4, -0.2) is 53.1 Å². The normalized spacial score (nSPS) is 14.1. The van der Waals surface area contributed by atoms with Gasteiger partial charge in [-0.05, 0) is 49.2 Å². The van der Waals surface area contributed by atoms with Crippen LogP contribution >= 0.6 is 11.6 Å². The van der Waals surface area contributed by atoms with E-state index < -0.39 is 34.5 Å². The van der Waals surface area contributed by atoms with E-state index in [-0.39, 0.29) is 38.5 Å². The van der Waals surface area contributed by atoms with E-state index in [4.69, 9.17) is 16.3 Å². The molecule has 0 aliphatic heterocycles. The number of methoxy groups -OCH3 is 2. The molecule has 0 atom stereocenters. The summed E-state index contributed by atoms with van der Waals surface area (Å²) < 4.78 is 42.9. The highest BCUT2D eigenvalue weighted by molar-refractivity contribution is 7.89. The molecule has 10 nitrogen and oxygen atoms in total. The fourth-order valence-electron chi connectivity index (χ4n) is 3.79. The average molecular weight is 539 g/mol. The lowest BCUT2D eigenvalue weighted by Gasteiger charge is -2.22. The number of amides is 1. The Bertz CT molecular complexity index is 1210. The predicted molar refractivity (Wildman–Crippen MR) is 132 cm³/mol. The maximum absolute atomic E-state index is 12.7. The molecule has 2 N–H and O–H groups in total. The summed E-state index contributed by atoms with van der Waals surface area (Å²) in [6.07, 6.45) is 4.67. The number of rotatable bonds is 9. The van der Waals surface area contributed by atoms with Crippen molar-refractivity contribution >= 4 is 45.2 Å². The van der Waals surface area contributed by atoms with Gasteiger partial charge in [-0.3, -0.25) is 4.79 Å². The maximum Gasteiger partial charge on any atom is 0.337 e. The Hall–Kier alpha value is -3.15. The molecule has 0 bridgehead atoms. The van der Waals surface area contributed by atoms with Crippen LogP contribution in [0.25, 0.3) is 0 Å². The van der Waals surface area contributed by atoms with Gasteiger partial charge in [-0.1, -0.05) is 30.9 Å². The lowest BCUT2D eigenvalue weighted by Crippen LogP contribution is -2.36. The fourth-order valence-corrected chi connectivity index (χ4v) is 5.42. The zero-order valence-corrected chi connectivity index (χ0v) is 21.4. The van der Waals surface area contributed by atoms with Gasteiger partial charge >= 0.3 is 11.9 Å². The number of nitrogens with one attached hydrogen (secondary N) is 2. The van der Waals surface area contributed by atoms with E-state index in [2.05, 4.69) is 19.5 Å². The van der Waals surface area contributed by atoms with E-state index >= 15 is 0 Å². The quantitative estimate of drug-likeness (QED) is 0.462. The van der Waals surface area contributed by atoms with Gasteiger partial charge in [0.2, 0.25) is 10.0 Å². The molecule has 1 fully saturated rings. The molecule has 36 heavy (non-hydrogen) atoms. The number of benzene rings is 2. The molecule has 0 heterocycles. The van der Waals surface area contributed by atoms with Gasteiger partial charge in [0.1, 0.15) is 5.75 Å². The molecule has 0 saturated heterocycles. The first-order valence-corrected chi connectivity index (χ1v) is 13.1. The SMILES string of the molecule is COC(=O)c1cc(NC(=O)COc2ccc(S(=O)(=O)NC3CCCCC3)cc2Cl)cc(C(=O)OC)c1. The summed E-state index contributed by atoms with van der Waals surface area (Å²) >= 11 is 6.21. The lowest BCUT2D eigenvalue weighted by atomic mass is 9.96. The molecular formula is C24H27ClN2O8S. The van der Waals surface area contributed by atoms with Crippen molar-refractivity contribution in [2.75, 3.05) is 26.1 Å². The van der Waals surface area contributed by atoms with Crippen molar-refractivity contribution in [3.05, 3.63) is 52.5 Å². The summed E-state index contributed by atoms with van der Waals surface area (Å²) in [4.78, 5) is 36.2. The largest absolute Gasteiger partial charge is 0.482 e. The summed E-state index contributed by atoms with van der Waals surface area (Å²) in [5.41, 5.74) is 0.227. The van der Waals surface area contributed by atoms with Crippen LogP contribution in [0.1, 0.15) is 52.8 Å². The van der Waals surface area contributed by atoms with Crippen molar-refractivity contribution in [3.63, 3.8) is 0 Å². The topological polar surface area (TPSA) is 137 Å². The molecule has 2 aromatic carbocycles.